The van der Waals surface area contributed by atoms with E-state index in [1.54, 1.807) is 6.07 Å². The first-order chi connectivity index (χ1) is 7.69. The van der Waals surface area contributed by atoms with E-state index < -0.39 is 0 Å². The van der Waals surface area contributed by atoms with Crippen molar-refractivity contribution < 1.29 is 4.79 Å². The Bertz CT molecular complexity index is 368. The quantitative estimate of drug-likeness (QED) is 0.336. The van der Waals surface area contributed by atoms with Gasteiger partial charge in [-0.05, 0) is 24.6 Å². The monoisotopic (exact) mass is 285 g/mol. The molecule has 88 valence electrons. The molecule has 0 aliphatic carbocycles. The second-order valence-corrected chi connectivity index (χ2v) is 4.36. The molecule has 1 amide bonds. The van der Waals surface area contributed by atoms with Gasteiger partial charge in [0, 0.05) is 16.7 Å². The number of amides is 1. The molecule has 0 saturated heterocycles. The maximum atomic E-state index is 11.5. The number of hydrogen-bond donors (Lipinski definition) is 3. The summed E-state index contributed by atoms with van der Waals surface area (Å²) in [4.78, 5) is 11.5. The third-order valence-electron chi connectivity index (χ3n) is 2.20. The first-order valence-corrected chi connectivity index (χ1v) is 6.02. The van der Waals surface area contributed by atoms with Crippen molar-refractivity contribution in [3.63, 3.8) is 0 Å². The van der Waals surface area contributed by atoms with Crippen molar-refractivity contribution in [3.05, 3.63) is 28.2 Å². The van der Waals surface area contributed by atoms with E-state index in [0.29, 0.717) is 5.56 Å². The van der Waals surface area contributed by atoms with Gasteiger partial charge >= 0.3 is 0 Å². The number of carbonyl (C=O) groups is 1. The zero-order chi connectivity index (χ0) is 12.0. The van der Waals surface area contributed by atoms with Gasteiger partial charge in [0.05, 0.1) is 5.56 Å². The number of benzene rings is 1. The molecule has 0 radical (unpaired) electrons. The third-order valence-corrected chi connectivity index (χ3v) is 2.70. The molecule has 1 aromatic carbocycles. The predicted octanol–water partition coefficient (Wildman–Crippen LogP) is 2.26. The van der Waals surface area contributed by atoms with Crippen molar-refractivity contribution in [2.45, 2.75) is 19.8 Å². The Morgan fingerprint density at radius 3 is 2.88 bits per heavy atom. The minimum atomic E-state index is -0.291. The van der Waals surface area contributed by atoms with Gasteiger partial charge in [0.15, 0.2) is 0 Å². The molecule has 1 aromatic rings. The van der Waals surface area contributed by atoms with Crippen LogP contribution in [0.4, 0.5) is 5.69 Å². The van der Waals surface area contributed by atoms with Gasteiger partial charge in [-0.15, -0.1) is 0 Å². The molecule has 4 N–H and O–H groups in total. The molecule has 0 unspecified atom stereocenters. The number of carbonyl (C=O) groups excluding carboxylic acids is 1. The average molecular weight is 286 g/mol. The lowest BCUT2D eigenvalue weighted by atomic mass is 10.1. The molecule has 0 heterocycles. The summed E-state index contributed by atoms with van der Waals surface area (Å²) in [6.07, 6.45) is 2.18. The number of halogens is 1. The fourth-order valence-electron chi connectivity index (χ4n) is 1.34. The van der Waals surface area contributed by atoms with Crippen LogP contribution in [0.5, 0.6) is 0 Å². The predicted molar refractivity (Wildman–Crippen MR) is 69.2 cm³/mol. The summed E-state index contributed by atoms with van der Waals surface area (Å²) in [5.74, 6) is 4.84. The molecule has 0 fully saturated rings. The standard InChI is InChI=1S/C11H16BrN3O/c1-2-3-6-14-10-5-4-8(12)7-9(10)11(16)15-13/h4-5,7,14H,2-3,6,13H2,1H3,(H,15,16). The van der Waals surface area contributed by atoms with Gasteiger partial charge < -0.3 is 5.32 Å². The number of nitrogens with one attached hydrogen (secondary N) is 2. The second kappa shape index (κ2) is 6.50. The molecule has 0 spiro atoms. The largest absolute Gasteiger partial charge is 0.384 e. The van der Waals surface area contributed by atoms with Crippen LogP contribution in [-0.2, 0) is 0 Å². The Kier molecular flexibility index (Phi) is 5.28. The number of unbranched alkanes of at least 4 members (excludes halogenated alkanes) is 1. The maximum Gasteiger partial charge on any atom is 0.267 e. The summed E-state index contributed by atoms with van der Waals surface area (Å²) < 4.78 is 0.854. The van der Waals surface area contributed by atoms with Gasteiger partial charge in [0.2, 0.25) is 0 Å². The maximum absolute atomic E-state index is 11.5. The Balaban J connectivity index is 2.85. The SMILES string of the molecule is CCCCNc1ccc(Br)cc1C(=O)NN. The summed E-state index contributed by atoms with van der Waals surface area (Å²) in [6.45, 7) is 2.97. The molecule has 0 aliphatic rings. The van der Waals surface area contributed by atoms with E-state index in [1.165, 1.54) is 0 Å². The smallest absolute Gasteiger partial charge is 0.267 e. The number of nitrogens with two attached hydrogens (primary N) is 1. The first-order valence-electron chi connectivity index (χ1n) is 5.23. The Labute approximate surface area is 104 Å². The van der Waals surface area contributed by atoms with E-state index in [9.17, 15) is 4.79 Å². The lowest BCUT2D eigenvalue weighted by Gasteiger charge is -2.11. The molecule has 0 atom stereocenters. The zero-order valence-corrected chi connectivity index (χ0v) is 10.8. The number of hydrazine groups is 1. The molecule has 1 rings (SSSR count). The van der Waals surface area contributed by atoms with Crippen LogP contribution in [0.1, 0.15) is 30.1 Å². The molecule has 0 aromatic heterocycles. The van der Waals surface area contributed by atoms with Crippen molar-refractivity contribution in [2.75, 3.05) is 11.9 Å². The highest BCUT2D eigenvalue weighted by molar-refractivity contribution is 9.10. The summed E-state index contributed by atoms with van der Waals surface area (Å²) in [5.41, 5.74) is 3.49. The fourth-order valence-corrected chi connectivity index (χ4v) is 1.70. The third kappa shape index (κ3) is 3.50. The number of anilines is 1. The van der Waals surface area contributed by atoms with Crippen LogP contribution < -0.4 is 16.6 Å². The van der Waals surface area contributed by atoms with Crippen LogP contribution in [0.25, 0.3) is 0 Å². The van der Waals surface area contributed by atoms with Crippen LogP contribution in [0.15, 0.2) is 22.7 Å². The topological polar surface area (TPSA) is 67.2 Å². The van der Waals surface area contributed by atoms with Crippen molar-refractivity contribution in [1.82, 2.24) is 5.43 Å². The van der Waals surface area contributed by atoms with Gasteiger partial charge in [-0.1, -0.05) is 29.3 Å². The molecular weight excluding hydrogens is 270 g/mol. The molecule has 5 heteroatoms. The van der Waals surface area contributed by atoms with Crippen molar-refractivity contribution in [1.29, 1.82) is 0 Å². The van der Waals surface area contributed by atoms with Crippen LogP contribution in [0.2, 0.25) is 0 Å². The van der Waals surface area contributed by atoms with E-state index >= 15 is 0 Å². The fraction of sp³-hybridized carbons (Fsp3) is 0.364. The van der Waals surface area contributed by atoms with Gasteiger partial charge in [-0.3, -0.25) is 10.2 Å². The zero-order valence-electron chi connectivity index (χ0n) is 9.22. The van der Waals surface area contributed by atoms with E-state index in [0.717, 1.165) is 29.5 Å². The summed E-state index contributed by atoms with van der Waals surface area (Å²) in [5, 5.41) is 3.22. The van der Waals surface area contributed by atoms with Crippen molar-refractivity contribution in [2.24, 2.45) is 5.84 Å². The molecule has 4 nitrogen and oxygen atoms in total. The van der Waals surface area contributed by atoms with Crippen molar-refractivity contribution in [3.8, 4) is 0 Å². The molecular formula is C11H16BrN3O. The van der Waals surface area contributed by atoms with Gasteiger partial charge in [0.25, 0.3) is 5.91 Å². The molecule has 16 heavy (non-hydrogen) atoms. The Morgan fingerprint density at radius 2 is 2.25 bits per heavy atom. The van der Waals surface area contributed by atoms with Gasteiger partial charge in [0.1, 0.15) is 0 Å². The van der Waals surface area contributed by atoms with Crippen LogP contribution >= 0.6 is 15.9 Å². The molecule has 0 bridgehead atoms. The lowest BCUT2D eigenvalue weighted by Crippen LogP contribution is -2.30. The normalized spacial score (nSPS) is 9.94. The van der Waals surface area contributed by atoms with Crippen LogP contribution in [0.3, 0.4) is 0 Å². The van der Waals surface area contributed by atoms with Crippen molar-refractivity contribution >= 4 is 27.5 Å². The van der Waals surface area contributed by atoms with Crippen LogP contribution in [0, 0.1) is 0 Å². The highest BCUT2D eigenvalue weighted by Crippen LogP contribution is 2.21. The summed E-state index contributed by atoms with van der Waals surface area (Å²) >= 11 is 3.33. The minimum Gasteiger partial charge on any atom is -0.384 e. The van der Waals surface area contributed by atoms with E-state index in [4.69, 9.17) is 5.84 Å². The highest BCUT2D eigenvalue weighted by Gasteiger charge is 2.10. The van der Waals surface area contributed by atoms with E-state index in [2.05, 4.69) is 33.6 Å². The molecule has 0 aliphatic heterocycles. The first kappa shape index (κ1) is 13.0. The summed E-state index contributed by atoms with van der Waals surface area (Å²) in [7, 11) is 0. The van der Waals surface area contributed by atoms with Gasteiger partial charge in [-0.25, -0.2) is 5.84 Å². The number of nitrogen functional groups attached to an aromatic ring is 1. The van der Waals surface area contributed by atoms with E-state index in [-0.39, 0.29) is 5.91 Å². The highest BCUT2D eigenvalue weighted by atomic mass is 79.9. The van der Waals surface area contributed by atoms with Gasteiger partial charge in [-0.2, -0.15) is 0 Å². The number of rotatable bonds is 5. The Hall–Kier alpha value is -1.07. The van der Waals surface area contributed by atoms with E-state index in [1.807, 2.05) is 12.1 Å². The van der Waals surface area contributed by atoms with Crippen LogP contribution in [-0.4, -0.2) is 12.5 Å². The second-order valence-electron chi connectivity index (χ2n) is 3.44. The lowest BCUT2D eigenvalue weighted by molar-refractivity contribution is 0.0954. The number of hydrogen-bond acceptors (Lipinski definition) is 3. The Morgan fingerprint density at radius 1 is 1.50 bits per heavy atom. The average Bonchev–Trinajstić information content (AvgIpc) is 2.30. The minimum absolute atomic E-state index is 0.291. The summed E-state index contributed by atoms with van der Waals surface area (Å²) in [6, 6.07) is 5.50. The molecule has 0 saturated carbocycles.